The number of hydrogen-bond acceptors (Lipinski definition) is 6. The number of benzene rings is 2. The topological polar surface area (TPSA) is 135 Å². The number of ketones is 1. The van der Waals surface area contributed by atoms with E-state index in [-0.39, 0.29) is 28.3 Å². The maximum atomic E-state index is 13.8. The summed E-state index contributed by atoms with van der Waals surface area (Å²) in [5.74, 6) is -2.02. The van der Waals surface area contributed by atoms with Crippen LogP contribution in [0, 0.1) is 12.8 Å². The van der Waals surface area contributed by atoms with Crippen LogP contribution in [0.3, 0.4) is 0 Å². The Bertz CT molecular complexity index is 1400. The lowest BCUT2D eigenvalue weighted by atomic mass is 9.82. The Kier molecular flexibility index (Phi) is 5.37. The third-order valence-corrected chi connectivity index (χ3v) is 7.93. The van der Waals surface area contributed by atoms with Gasteiger partial charge in [-0.05, 0) is 30.5 Å². The number of Topliss-reactive ketones (excluding diaryl/α,β-unsaturated/α-hetero) is 1. The quantitative estimate of drug-likeness (QED) is 0.414. The molecule has 2 aliphatic carbocycles. The largest absolute Gasteiger partial charge is 0.454 e. The molecule has 3 aliphatic rings. The summed E-state index contributed by atoms with van der Waals surface area (Å²) < 4.78 is 17.8. The lowest BCUT2D eigenvalue weighted by Gasteiger charge is -2.34. The molecule has 1 amide bonds. The van der Waals surface area contributed by atoms with Gasteiger partial charge in [0.15, 0.2) is 0 Å². The average molecular weight is 494 g/mol. The molecule has 2 aromatic carbocycles. The molecule has 3 aromatic rings. The summed E-state index contributed by atoms with van der Waals surface area (Å²) in [5, 5.41) is 14.5. The number of aromatic amines is 1. The summed E-state index contributed by atoms with van der Waals surface area (Å²) >= 11 is 0. The van der Waals surface area contributed by atoms with Gasteiger partial charge in [0.1, 0.15) is 11.4 Å². The molecule has 3 atom stereocenters. The highest BCUT2D eigenvalue weighted by Crippen LogP contribution is 2.58. The Morgan fingerprint density at radius 1 is 1.20 bits per heavy atom. The fraction of sp³-hybridized carbons (Fsp3) is 0.308. The van der Waals surface area contributed by atoms with Crippen molar-refractivity contribution in [2.75, 3.05) is 12.0 Å². The second kappa shape index (κ2) is 8.07. The molecule has 0 spiro atoms. The zero-order chi connectivity index (χ0) is 25.1. The molecule has 8 nitrogen and oxygen atoms in total. The fourth-order valence-electron chi connectivity index (χ4n) is 4.73. The number of anilines is 1. The van der Waals surface area contributed by atoms with E-state index < -0.39 is 33.8 Å². The first-order valence-corrected chi connectivity index (χ1v) is 13.0. The van der Waals surface area contributed by atoms with Crippen LogP contribution >= 0.6 is 0 Å². The first-order valence-electron chi connectivity index (χ1n) is 11.4. The first-order chi connectivity index (χ1) is 16.6. The molecule has 0 bridgehead atoms. The molecular formula is C26H27N3O5S. The van der Waals surface area contributed by atoms with Gasteiger partial charge >= 0.3 is 0 Å². The third kappa shape index (κ3) is 3.33. The number of aromatic nitrogens is 1. The highest BCUT2D eigenvalue weighted by Gasteiger charge is 2.72. The van der Waals surface area contributed by atoms with Crippen LogP contribution in [0.4, 0.5) is 5.69 Å². The Morgan fingerprint density at radius 2 is 1.86 bits per heavy atom. The highest BCUT2D eigenvalue weighted by molar-refractivity contribution is 7.84. The Labute approximate surface area is 205 Å². The summed E-state index contributed by atoms with van der Waals surface area (Å²) in [4.78, 5) is 30.4. The predicted octanol–water partition coefficient (Wildman–Crippen LogP) is 3.12. The van der Waals surface area contributed by atoms with Gasteiger partial charge < -0.3 is 25.9 Å². The van der Waals surface area contributed by atoms with Crippen molar-refractivity contribution in [2.24, 2.45) is 5.92 Å². The maximum absolute atomic E-state index is 13.8. The average Bonchev–Trinajstić information content (AvgIpc) is 3.37. The molecule has 2 heterocycles. The number of carbonyl (C=O) groups excluding carboxylic acids is 2. The van der Waals surface area contributed by atoms with Crippen molar-refractivity contribution in [3.63, 3.8) is 0 Å². The van der Waals surface area contributed by atoms with Crippen LogP contribution in [0.1, 0.15) is 57.3 Å². The summed E-state index contributed by atoms with van der Waals surface area (Å²) in [6, 6.07) is 11.4. The van der Waals surface area contributed by atoms with E-state index >= 15 is 0 Å². The van der Waals surface area contributed by atoms with Crippen molar-refractivity contribution in [3.8, 4) is 5.75 Å². The number of rotatable bonds is 3. The second-order valence-electron chi connectivity index (χ2n) is 9.33. The maximum Gasteiger partial charge on any atom is 0.271 e. The number of aliphatic hydroxyl groups is 1. The molecule has 1 aliphatic heterocycles. The molecule has 5 N–H and O–H groups in total. The van der Waals surface area contributed by atoms with Gasteiger partial charge in [0.05, 0.1) is 21.3 Å². The van der Waals surface area contributed by atoms with Gasteiger partial charge in [-0.2, -0.15) is 0 Å². The van der Waals surface area contributed by atoms with E-state index in [4.69, 9.17) is 10.5 Å². The Balaban J connectivity index is 0.000000577. The van der Waals surface area contributed by atoms with E-state index in [1.54, 1.807) is 49.4 Å². The van der Waals surface area contributed by atoms with Gasteiger partial charge in [-0.15, -0.1) is 0 Å². The van der Waals surface area contributed by atoms with Crippen molar-refractivity contribution < 1.29 is 23.6 Å². The van der Waals surface area contributed by atoms with Crippen LogP contribution in [0.25, 0.3) is 0 Å². The number of amides is 1. The number of fused-ring (bicyclic) bond motifs is 5. The normalized spacial score (nSPS) is 24.4. The number of carbonyl (C=O) groups is 2. The monoisotopic (exact) mass is 493 g/mol. The fourth-order valence-corrected chi connectivity index (χ4v) is 5.49. The highest BCUT2D eigenvalue weighted by atomic mass is 32.2. The van der Waals surface area contributed by atoms with Crippen molar-refractivity contribution in [3.05, 3.63) is 76.6 Å². The molecule has 35 heavy (non-hydrogen) atoms. The van der Waals surface area contributed by atoms with Gasteiger partial charge in [-0.25, -0.2) is 0 Å². The molecule has 1 aromatic heterocycles. The number of para-hydroxylation sites is 1. The summed E-state index contributed by atoms with van der Waals surface area (Å²) in [7, 11) is -1.30. The smallest absolute Gasteiger partial charge is 0.271 e. The summed E-state index contributed by atoms with van der Waals surface area (Å²) in [6.45, 7) is 3.94. The van der Waals surface area contributed by atoms with Crippen LogP contribution in [-0.2, 0) is 22.1 Å². The zero-order valence-corrected chi connectivity index (χ0v) is 20.5. The molecule has 1 saturated carbocycles. The number of nitrogen functional groups attached to an aromatic ring is 1. The van der Waals surface area contributed by atoms with Gasteiger partial charge in [0.25, 0.3) is 11.7 Å². The number of ether oxygens (including phenoxy) is 1. The third-order valence-electron chi connectivity index (χ3n) is 6.88. The van der Waals surface area contributed by atoms with Gasteiger partial charge in [0, 0.05) is 29.3 Å². The van der Waals surface area contributed by atoms with E-state index in [0.717, 1.165) is 5.92 Å². The van der Waals surface area contributed by atoms with E-state index in [9.17, 15) is 18.9 Å². The molecule has 0 saturated heterocycles. The van der Waals surface area contributed by atoms with Crippen molar-refractivity contribution in [1.82, 2.24) is 10.3 Å². The van der Waals surface area contributed by atoms with E-state index in [1.807, 2.05) is 0 Å². The number of hydrogen-bond donors (Lipinski definition) is 4. The minimum atomic E-state index is -2.18. The standard InChI is InChI=1S/C22H19N3O5S.C4H8/c1-11-16(31(2)29)10-24-18(11)20(27)25-21-12-6-3-4-9-15(12)30-22(21,28)13-7-5-8-14(23)17(13)19(21)26;1-4-2-3-4/h3-10,24,28H,23H2,1-2H3,(H,25,27);4H,2-3H2,1H3. The molecule has 3 unspecified atom stereocenters. The van der Waals surface area contributed by atoms with E-state index in [2.05, 4.69) is 17.2 Å². The van der Waals surface area contributed by atoms with E-state index in [0.29, 0.717) is 16.0 Å². The number of H-pyrrole nitrogens is 1. The molecule has 9 heteroatoms. The van der Waals surface area contributed by atoms with Crippen molar-refractivity contribution in [1.29, 1.82) is 0 Å². The predicted molar refractivity (Wildman–Crippen MR) is 132 cm³/mol. The molecule has 1 fully saturated rings. The Morgan fingerprint density at radius 3 is 2.49 bits per heavy atom. The number of nitrogens with one attached hydrogen (secondary N) is 2. The minimum Gasteiger partial charge on any atom is -0.454 e. The van der Waals surface area contributed by atoms with Crippen LogP contribution < -0.4 is 15.8 Å². The zero-order valence-electron chi connectivity index (χ0n) is 19.7. The van der Waals surface area contributed by atoms with Crippen molar-refractivity contribution >= 4 is 28.2 Å². The van der Waals surface area contributed by atoms with Gasteiger partial charge in [0.2, 0.25) is 11.3 Å². The number of nitrogens with two attached hydrogens (primary N) is 1. The molecular weight excluding hydrogens is 466 g/mol. The van der Waals surface area contributed by atoms with E-state index in [1.165, 1.54) is 25.3 Å². The van der Waals surface area contributed by atoms with Crippen LogP contribution in [0.2, 0.25) is 0 Å². The molecule has 0 radical (unpaired) electrons. The summed E-state index contributed by atoms with van der Waals surface area (Å²) in [6.07, 6.45) is 5.97. The molecule has 182 valence electrons. The summed E-state index contributed by atoms with van der Waals surface area (Å²) in [5.41, 5.74) is 5.58. The minimum absolute atomic E-state index is 0.110. The first kappa shape index (κ1) is 23.3. The molecule has 6 rings (SSSR count). The lowest BCUT2D eigenvalue weighted by Crippen LogP contribution is -2.60. The van der Waals surface area contributed by atoms with Gasteiger partial charge in [-0.1, -0.05) is 50.1 Å². The van der Waals surface area contributed by atoms with Crippen molar-refractivity contribution in [2.45, 2.75) is 42.9 Å². The Hall–Kier alpha value is -3.43. The van der Waals surface area contributed by atoms with Crippen LogP contribution in [-0.4, -0.2) is 32.2 Å². The SMILES string of the molecule is CC1CC1.Cc1c(S(C)=O)c[nH]c1C(=O)NC12C(=O)c3c(N)cccc3C1(O)Oc1ccccc12. The second-order valence-corrected chi connectivity index (χ2v) is 10.7. The van der Waals surface area contributed by atoms with Crippen LogP contribution in [0.5, 0.6) is 5.75 Å². The lowest BCUT2D eigenvalue weighted by molar-refractivity contribution is -0.169. The van der Waals surface area contributed by atoms with Crippen LogP contribution in [0.15, 0.2) is 53.6 Å². The van der Waals surface area contributed by atoms with Gasteiger partial charge in [-0.3, -0.25) is 13.8 Å².